The van der Waals surface area contributed by atoms with Gasteiger partial charge in [0, 0.05) is 12.7 Å². The van der Waals surface area contributed by atoms with Crippen LogP contribution >= 0.6 is 0 Å². The smallest absolute Gasteiger partial charge is 0.322 e. The van der Waals surface area contributed by atoms with E-state index in [2.05, 4.69) is 10.4 Å². The molecule has 1 N–H and O–H groups in total. The van der Waals surface area contributed by atoms with Crippen LogP contribution in [0, 0.1) is 0 Å². The van der Waals surface area contributed by atoms with Crippen LogP contribution < -0.4 is 16.6 Å². The average molecular weight is 403 g/mol. The molecular weight excluding hydrogens is 382 g/mol. The van der Waals surface area contributed by atoms with E-state index in [1.54, 1.807) is 48.3 Å². The van der Waals surface area contributed by atoms with Crippen LogP contribution in [0.5, 0.6) is 0 Å². The summed E-state index contributed by atoms with van der Waals surface area (Å²) in [5, 5.41) is 7.44. The first-order valence-corrected chi connectivity index (χ1v) is 9.65. The van der Waals surface area contributed by atoms with E-state index in [0.717, 1.165) is 10.1 Å². The van der Waals surface area contributed by atoms with E-state index >= 15 is 0 Å². The van der Waals surface area contributed by atoms with Crippen LogP contribution in [0.2, 0.25) is 0 Å². The van der Waals surface area contributed by atoms with Gasteiger partial charge in [-0.05, 0) is 24.6 Å². The van der Waals surface area contributed by atoms with Crippen molar-refractivity contribution in [3.63, 3.8) is 0 Å². The normalized spacial score (nSPS) is 11.0. The maximum absolute atomic E-state index is 12.8. The summed E-state index contributed by atoms with van der Waals surface area (Å²) in [6.07, 6.45) is 3.30. The van der Waals surface area contributed by atoms with Gasteiger partial charge in [-0.1, -0.05) is 42.5 Å². The summed E-state index contributed by atoms with van der Waals surface area (Å²) < 4.78 is 4.18. The number of benzene rings is 2. The predicted molar refractivity (Wildman–Crippen MR) is 115 cm³/mol. The fourth-order valence-electron chi connectivity index (χ4n) is 3.43. The zero-order valence-electron chi connectivity index (χ0n) is 16.5. The zero-order valence-corrected chi connectivity index (χ0v) is 16.5. The number of aromatic nitrogens is 4. The van der Waals surface area contributed by atoms with E-state index in [4.69, 9.17) is 0 Å². The third kappa shape index (κ3) is 3.80. The van der Waals surface area contributed by atoms with Gasteiger partial charge in [-0.3, -0.25) is 23.4 Å². The molecule has 2 aromatic carbocycles. The Morgan fingerprint density at radius 2 is 1.73 bits per heavy atom. The summed E-state index contributed by atoms with van der Waals surface area (Å²) >= 11 is 0. The summed E-state index contributed by atoms with van der Waals surface area (Å²) in [5.74, 6) is -0.372. The summed E-state index contributed by atoms with van der Waals surface area (Å²) in [6.45, 7) is 2.34. The SMILES string of the molecule is CCn1c(=O)c2ccccc2n(CC(=O)Nc2cnn(Cc3ccccc3)c2)c1=O. The Balaban J connectivity index is 1.56. The fraction of sp³-hybridized carbons (Fsp3) is 0.182. The molecule has 2 aromatic heterocycles. The van der Waals surface area contributed by atoms with Gasteiger partial charge in [0.1, 0.15) is 6.54 Å². The Kier molecular flexibility index (Phi) is 5.30. The molecule has 0 unspecified atom stereocenters. The summed E-state index contributed by atoms with van der Waals surface area (Å²) in [7, 11) is 0. The molecule has 0 aliphatic rings. The second-order valence-corrected chi connectivity index (χ2v) is 6.90. The first-order valence-electron chi connectivity index (χ1n) is 9.65. The molecular formula is C22H21N5O3. The number of para-hydroxylation sites is 1. The van der Waals surface area contributed by atoms with Crippen molar-refractivity contribution < 1.29 is 4.79 Å². The van der Waals surface area contributed by atoms with Crippen molar-refractivity contribution in [2.75, 3.05) is 5.32 Å². The van der Waals surface area contributed by atoms with E-state index in [-0.39, 0.29) is 24.6 Å². The molecule has 0 bridgehead atoms. The van der Waals surface area contributed by atoms with Gasteiger partial charge in [-0.2, -0.15) is 5.10 Å². The Hall–Kier alpha value is -3.94. The van der Waals surface area contributed by atoms with Gasteiger partial charge in [0.2, 0.25) is 5.91 Å². The van der Waals surface area contributed by atoms with Crippen LogP contribution in [-0.2, 0) is 24.4 Å². The van der Waals surface area contributed by atoms with Crippen molar-refractivity contribution >= 4 is 22.5 Å². The van der Waals surface area contributed by atoms with E-state index in [1.807, 2.05) is 30.3 Å². The van der Waals surface area contributed by atoms with Gasteiger partial charge in [-0.25, -0.2) is 4.79 Å². The molecule has 0 radical (unpaired) electrons. The minimum atomic E-state index is -0.504. The number of rotatable bonds is 6. The number of hydrogen-bond donors (Lipinski definition) is 1. The molecule has 0 atom stereocenters. The molecule has 0 aliphatic carbocycles. The lowest BCUT2D eigenvalue weighted by atomic mass is 10.2. The van der Waals surface area contributed by atoms with Gasteiger partial charge >= 0.3 is 5.69 Å². The van der Waals surface area contributed by atoms with E-state index in [1.165, 1.54) is 4.57 Å². The minimum Gasteiger partial charge on any atom is -0.322 e. The van der Waals surface area contributed by atoms with Crippen LogP contribution in [0.15, 0.2) is 76.6 Å². The Bertz CT molecular complexity index is 1320. The second-order valence-electron chi connectivity index (χ2n) is 6.90. The first-order chi connectivity index (χ1) is 14.6. The molecule has 4 aromatic rings. The maximum atomic E-state index is 12.8. The van der Waals surface area contributed by atoms with Gasteiger partial charge in [-0.15, -0.1) is 0 Å². The van der Waals surface area contributed by atoms with Crippen LogP contribution in [0.1, 0.15) is 12.5 Å². The standard InChI is InChI=1S/C22H21N5O3/c1-2-26-21(29)18-10-6-7-11-19(18)27(22(26)30)15-20(28)24-17-12-23-25(14-17)13-16-8-4-3-5-9-16/h3-12,14H,2,13,15H2,1H3,(H,24,28). The highest BCUT2D eigenvalue weighted by atomic mass is 16.2. The molecule has 8 heteroatoms. The lowest BCUT2D eigenvalue weighted by Gasteiger charge is -2.12. The molecule has 0 saturated heterocycles. The van der Waals surface area contributed by atoms with Crippen LogP contribution in [0.25, 0.3) is 10.9 Å². The minimum absolute atomic E-state index is 0.205. The van der Waals surface area contributed by atoms with Crippen molar-refractivity contribution in [2.45, 2.75) is 26.6 Å². The number of carbonyl (C=O) groups excluding carboxylic acids is 1. The van der Waals surface area contributed by atoms with Crippen molar-refractivity contribution in [1.82, 2.24) is 18.9 Å². The Labute approximate surface area is 172 Å². The van der Waals surface area contributed by atoms with Gasteiger partial charge in [0.25, 0.3) is 5.56 Å². The molecule has 0 saturated carbocycles. The van der Waals surface area contributed by atoms with Gasteiger partial charge in [0.05, 0.1) is 29.3 Å². The topological polar surface area (TPSA) is 90.9 Å². The van der Waals surface area contributed by atoms with Crippen LogP contribution in [-0.4, -0.2) is 24.8 Å². The van der Waals surface area contributed by atoms with E-state index in [9.17, 15) is 14.4 Å². The maximum Gasteiger partial charge on any atom is 0.331 e. The molecule has 1 amide bonds. The van der Waals surface area contributed by atoms with E-state index < -0.39 is 5.69 Å². The molecule has 152 valence electrons. The number of hydrogen-bond acceptors (Lipinski definition) is 4. The highest BCUT2D eigenvalue weighted by Crippen LogP contribution is 2.10. The monoisotopic (exact) mass is 403 g/mol. The van der Waals surface area contributed by atoms with E-state index in [0.29, 0.717) is 23.1 Å². The third-order valence-electron chi connectivity index (χ3n) is 4.85. The first kappa shape index (κ1) is 19.4. The van der Waals surface area contributed by atoms with Crippen molar-refractivity contribution in [3.05, 3.63) is 93.4 Å². The largest absolute Gasteiger partial charge is 0.331 e. The Morgan fingerprint density at radius 3 is 2.50 bits per heavy atom. The summed E-state index contributed by atoms with van der Waals surface area (Å²) in [5.41, 5.74) is 1.22. The van der Waals surface area contributed by atoms with Crippen molar-refractivity contribution in [3.8, 4) is 0 Å². The summed E-state index contributed by atoms with van der Waals surface area (Å²) in [4.78, 5) is 37.9. The average Bonchev–Trinajstić information content (AvgIpc) is 3.19. The quantitative estimate of drug-likeness (QED) is 0.534. The van der Waals surface area contributed by atoms with Gasteiger partial charge < -0.3 is 5.32 Å². The number of anilines is 1. The molecule has 2 heterocycles. The zero-order chi connectivity index (χ0) is 21.1. The molecule has 0 spiro atoms. The number of fused-ring (bicyclic) bond motifs is 1. The fourth-order valence-corrected chi connectivity index (χ4v) is 3.43. The predicted octanol–water partition coefficient (Wildman–Crippen LogP) is 2.07. The third-order valence-corrected chi connectivity index (χ3v) is 4.85. The highest BCUT2D eigenvalue weighted by Gasteiger charge is 2.15. The lowest BCUT2D eigenvalue weighted by molar-refractivity contribution is -0.116. The van der Waals surface area contributed by atoms with Crippen molar-refractivity contribution in [2.24, 2.45) is 0 Å². The summed E-state index contributed by atoms with van der Waals surface area (Å²) in [6, 6.07) is 16.7. The molecule has 8 nitrogen and oxygen atoms in total. The van der Waals surface area contributed by atoms with Crippen molar-refractivity contribution in [1.29, 1.82) is 0 Å². The lowest BCUT2D eigenvalue weighted by Crippen LogP contribution is -2.41. The number of carbonyl (C=O) groups is 1. The van der Waals surface area contributed by atoms with Crippen LogP contribution in [0.4, 0.5) is 5.69 Å². The highest BCUT2D eigenvalue weighted by molar-refractivity contribution is 5.91. The van der Waals surface area contributed by atoms with Gasteiger partial charge in [0.15, 0.2) is 0 Å². The molecule has 0 fully saturated rings. The Morgan fingerprint density at radius 1 is 1.00 bits per heavy atom. The van der Waals surface area contributed by atoms with Crippen LogP contribution in [0.3, 0.4) is 0 Å². The molecule has 0 aliphatic heterocycles. The number of amides is 1. The number of nitrogens with zero attached hydrogens (tertiary/aromatic N) is 4. The number of nitrogens with one attached hydrogen (secondary N) is 1. The molecule has 30 heavy (non-hydrogen) atoms. The molecule has 4 rings (SSSR count). The second kappa shape index (κ2) is 8.20.